The maximum Gasteiger partial charge on any atom is 0.407 e. The molecule has 0 fully saturated rings. The summed E-state index contributed by atoms with van der Waals surface area (Å²) in [7, 11) is 0. The van der Waals surface area contributed by atoms with E-state index in [0.29, 0.717) is 44.0 Å². The van der Waals surface area contributed by atoms with Gasteiger partial charge in [0.05, 0.1) is 25.3 Å². The van der Waals surface area contributed by atoms with Crippen LogP contribution in [0, 0.1) is 0 Å². The molecule has 0 saturated carbocycles. The average Bonchev–Trinajstić information content (AvgIpc) is 2.59. The van der Waals surface area contributed by atoms with Crippen molar-refractivity contribution >= 4 is 17.7 Å². The Labute approximate surface area is 117 Å². The van der Waals surface area contributed by atoms with Gasteiger partial charge in [-0.2, -0.15) is 0 Å². The first-order chi connectivity index (χ1) is 9.69. The monoisotopic (exact) mass is 278 g/mol. The summed E-state index contributed by atoms with van der Waals surface area (Å²) in [5.74, 6) is 0.628. The predicted molar refractivity (Wildman–Crippen MR) is 73.9 cm³/mol. The summed E-state index contributed by atoms with van der Waals surface area (Å²) in [6.07, 6.45) is 0.593. The van der Waals surface area contributed by atoms with Crippen LogP contribution in [0.25, 0.3) is 0 Å². The van der Waals surface area contributed by atoms with Gasteiger partial charge in [0.1, 0.15) is 5.75 Å². The molecule has 2 amide bonds. The van der Waals surface area contributed by atoms with Crippen molar-refractivity contribution in [1.82, 2.24) is 5.32 Å². The number of hydrogen-bond donors (Lipinski definition) is 2. The van der Waals surface area contributed by atoms with Gasteiger partial charge in [-0.05, 0) is 31.0 Å². The first-order valence-corrected chi connectivity index (χ1v) is 6.65. The molecule has 20 heavy (non-hydrogen) atoms. The number of fused-ring (bicyclic) bond motifs is 1. The molecule has 1 aliphatic rings. The Bertz CT molecular complexity index is 502. The summed E-state index contributed by atoms with van der Waals surface area (Å²) in [6.45, 7) is 2.98. The zero-order valence-electron chi connectivity index (χ0n) is 11.4. The number of nitrogens with one attached hydrogen (secondary N) is 2. The van der Waals surface area contributed by atoms with Crippen molar-refractivity contribution in [2.24, 2.45) is 0 Å². The molecule has 1 heterocycles. The summed E-state index contributed by atoms with van der Waals surface area (Å²) in [5, 5.41) is 5.46. The molecular weight excluding hydrogens is 260 g/mol. The van der Waals surface area contributed by atoms with E-state index in [0.717, 1.165) is 5.56 Å². The van der Waals surface area contributed by atoms with Crippen LogP contribution < -0.4 is 15.4 Å². The normalized spacial score (nSPS) is 13.6. The van der Waals surface area contributed by atoms with Gasteiger partial charge >= 0.3 is 6.09 Å². The smallest absolute Gasteiger partial charge is 0.407 e. The van der Waals surface area contributed by atoms with Crippen LogP contribution in [0.1, 0.15) is 18.9 Å². The van der Waals surface area contributed by atoms with Crippen LogP contribution in [0.2, 0.25) is 0 Å². The largest absolute Gasteiger partial charge is 0.491 e. The second-order valence-corrected chi connectivity index (χ2v) is 4.37. The van der Waals surface area contributed by atoms with Crippen LogP contribution in [0.4, 0.5) is 10.5 Å². The number of hydrogen-bond acceptors (Lipinski definition) is 4. The molecule has 0 atom stereocenters. The van der Waals surface area contributed by atoms with Crippen LogP contribution >= 0.6 is 0 Å². The molecule has 0 aliphatic carbocycles. The minimum atomic E-state index is -0.418. The third-order valence-corrected chi connectivity index (χ3v) is 2.86. The maximum absolute atomic E-state index is 11.5. The number of alkyl carbamates (subject to hydrolysis) is 1. The van der Waals surface area contributed by atoms with Gasteiger partial charge in [0.25, 0.3) is 0 Å². The van der Waals surface area contributed by atoms with E-state index < -0.39 is 6.09 Å². The molecule has 1 aliphatic heterocycles. The molecule has 0 spiro atoms. The Morgan fingerprint density at radius 2 is 2.35 bits per heavy atom. The number of benzene rings is 1. The highest BCUT2D eigenvalue weighted by atomic mass is 16.5. The Morgan fingerprint density at radius 3 is 3.15 bits per heavy atom. The third kappa shape index (κ3) is 3.88. The highest BCUT2D eigenvalue weighted by molar-refractivity contribution is 5.93. The highest BCUT2D eigenvalue weighted by Gasteiger charge is 2.13. The summed E-state index contributed by atoms with van der Waals surface area (Å²) in [5.41, 5.74) is 1.69. The first kappa shape index (κ1) is 14.2. The van der Waals surface area contributed by atoms with Crippen molar-refractivity contribution < 1.29 is 19.1 Å². The minimum absolute atomic E-state index is 0.0504. The predicted octanol–water partition coefficient (Wildman–Crippen LogP) is 1.70. The van der Waals surface area contributed by atoms with Gasteiger partial charge < -0.3 is 20.1 Å². The van der Waals surface area contributed by atoms with Crippen LogP contribution in [0.5, 0.6) is 5.75 Å². The lowest BCUT2D eigenvalue weighted by molar-refractivity contribution is -0.116. The fourth-order valence-corrected chi connectivity index (χ4v) is 1.91. The van der Waals surface area contributed by atoms with E-state index in [4.69, 9.17) is 9.47 Å². The third-order valence-electron chi connectivity index (χ3n) is 2.86. The Hall–Kier alpha value is -2.24. The quantitative estimate of drug-likeness (QED) is 0.878. The highest BCUT2D eigenvalue weighted by Crippen LogP contribution is 2.28. The van der Waals surface area contributed by atoms with Crippen LogP contribution in [0.15, 0.2) is 18.2 Å². The zero-order valence-corrected chi connectivity index (χ0v) is 11.4. The van der Waals surface area contributed by atoms with Gasteiger partial charge in [-0.3, -0.25) is 4.79 Å². The van der Waals surface area contributed by atoms with Gasteiger partial charge in [-0.25, -0.2) is 4.79 Å². The first-order valence-electron chi connectivity index (χ1n) is 6.65. The summed E-state index contributed by atoms with van der Waals surface area (Å²) in [6, 6.07) is 5.62. The van der Waals surface area contributed by atoms with E-state index in [-0.39, 0.29) is 5.91 Å². The second-order valence-electron chi connectivity index (χ2n) is 4.37. The topological polar surface area (TPSA) is 76.7 Å². The number of ether oxygens (including phenoxy) is 2. The molecule has 6 heteroatoms. The Kier molecular flexibility index (Phi) is 4.81. The van der Waals surface area contributed by atoms with Gasteiger partial charge in [0.15, 0.2) is 0 Å². The molecule has 0 bridgehead atoms. The molecule has 2 N–H and O–H groups in total. The molecular formula is C14H18N2O4. The lowest BCUT2D eigenvalue weighted by atomic mass is 10.1. The number of rotatable bonds is 4. The fourth-order valence-electron chi connectivity index (χ4n) is 1.91. The molecule has 0 aromatic heterocycles. The summed E-state index contributed by atoms with van der Waals surface area (Å²) >= 11 is 0. The molecule has 108 valence electrons. The SMILES string of the molecule is CCOC(=O)NCCc1ccc2c(c1)NC(=O)CCO2. The van der Waals surface area contributed by atoms with Gasteiger partial charge in [-0.15, -0.1) is 0 Å². The maximum atomic E-state index is 11.5. The van der Waals surface area contributed by atoms with E-state index in [2.05, 4.69) is 10.6 Å². The number of carbonyl (C=O) groups is 2. The van der Waals surface area contributed by atoms with Crippen molar-refractivity contribution in [2.75, 3.05) is 25.1 Å². The van der Waals surface area contributed by atoms with E-state index in [1.54, 1.807) is 6.92 Å². The molecule has 0 saturated heterocycles. The van der Waals surface area contributed by atoms with Gasteiger partial charge in [0, 0.05) is 6.54 Å². The van der Waals surface area contributed by atoms with Crippen molar-refractivity contribution in [2.45, 2.75) is 19.8 Å². The van der Waals surface area contributed by atoms with E-state index in [1.165, 1.54) is 0 Å². The molecule has 0 unspecified atom stereocenters. The molecule has 1 aromatic rings. The van der Waals surface area contributed by atoms with Crippen molar-refractivity contribution in [3.63, 3.8) is 0 Å². The molecule has 0 radical (unpaired) electrons. The second kappa shape index (κ2) is 6.79. The number of anilines is 1. The number of carbonyl (C=O) groups excluding carboxylic acids is 2. The van der Waals surface area contributed by atoms with E-state index in [9.17, 15) is 9.59 Å². The van der Waals surface area contributed by atoms with Crippen LogP contribution in [-0.2, 0) is 16.0 Å². The van der Waals surface area contributed by atoms with Gasteiger partial charge in [0.2, 0.25) is 5.91 Å². The Balaban J connectivity index is 1.93. The molecule has 2 rings (SSSR count). The Morgan fingerprint density at radius 1 is 1.50 bits per heavy atom. The van der Waals surface area contributed by atoms with Crippen molar-refractivity contribution in [3.05, 3.63) is 23.8 Å². The van der Waals surface area contributed by atoms with Gasteiger partial charge in [-0.1, -0.05) is 6.07 Å². The molecule has 1 aromatic carbocycles. The summed E-state index contributed by atoms with van der Waals surface area (Å²) in [4.78, 5) is 22.6. The lowest BCUT2D eigenvalue weighted by Crippen LogP contribution is -2.26. The number of amides is 2. The van der Waals surface area contributed by atoms with Crippen molar-refractivity contribution in [3.8, 4) is 5.75 Å². The van der Waals surface area contributed by atoms with Crippen LogP contribution in [0.3, 0.4) is 0 Å². The van der Waals surface area contributed by atoms with Crippen molar-refractivity contribution in [1.29, 1.82) is 0 Å². The van der Waals surface area contributed by atoms with E-state index in [1.807, 2.05) is 18.2 Å². The fraction of sp³-hybridized carbons (Fsp3) is 0.429. The standard InChI is InChI=1S/C14H18N2O4/c1-2-19-14(18)15-7-5-10-3-4-12-11(9-10)16-13(17)6-8-20-12/h3-4,9H,2,5-8H2,1H3,(H,15,18)(H,16,17). The molecule has 6 nitrogen and oxygen atoms in total. The summed E-state index contributed by atoms with van der Waals surface area (Å²) < 4.78 is 10.2. The van der Waals surface area contributed by atoms with E-state index >= 15 is 0 Å². The zero-order chi connectivity index (χ0) is 14.4. The minimum Gasteiger partial charge on any atom is -0.491 e. The average molecular weight is 278 g/mol. The van der Waals surface area contributed by atoms with Crippen LogP contribution in [-0.4, -0.2) is 31.8 Å². The lowest BCUT2D eigenvalue weighted by Gasteiger charge is -2.10.